The predicted octanol–water partition coefficient (Wildman–Crippen LogP) is 4.34. The highest BCUT2D eigenvalue weighted by molar-refractivity contribution is 7.20. The van der Waals surface area contributed by atoms with Gasteiger partial charge in [0.2, 0.25) is 5.91 Å². The standard InChI is InChI=1S/C23H27N3O4S/c1-6-16-7-9-17(10-8-16)25-20(27)15(5)26-12-24-21-18(22(26)28)14(4)19(31-21)23(29)30-11-13(2)3/h7-10,12-13,15H,6,11H2,1-5H3,(H,25,27). The zero-order valence-electron chi connectivity index (χ0n) is 18.4. The number of nitrogens with one attached hydrogen (secondary N) is 1. The molecule has 1 N–H and O–H groups in total. The summed E-state index contributed by atoms with van der Waals surface area (Å²) in [6, 6.07) is 6.81. The molecule has 164 valence electrons. The van der Waals surface area contributed by atoms with E-state index in [1.165, 1.54) is 16.5 Å². The van der Waals surface area contributed by atoms with Crippen molar-refractivity contribution in [1.82, 2.24) is 9.55 Å². The Morgan fingerprint density at radius 3 is 2.48 bits per heavy atom. The second-order valence-electron chi connectivity index (χ2n) is 7.90. The zero-order chi connectivity index (χ0) is 22.7. The van der Waals surface area contributed by atoms with Crippen molar-refractivity contribution in [2.75, 3.05) is 11.9 Å². The molecule has 0 fully saturated rings. The second-order valence-corrected chi connectivity index (χ2v) is 8.90. The molecule has 0 saturated heterocycles. The van der Waals surface area contributed by atoms with E-state index < -0.39 is 12.0 Å². The lowest BCUT2D eigenvalue weighted by atomic mass is 10.1. The Bertz CT molecular complexity index is 1160. The minimum atomic E-state index is -0.772. The molecule has 0 aliphatic heterocycles. The molecule has 8 heteroatoms. The normalized spacial score (nSPS) is 12.2. The highest BCUT2D eigenvalue weighted by Crippen LogP contribution is 2.28. The molecule has 31 heavy (non-hydrogen) atoms. The smallest absolute Gasteiger partial charge is 0.348 e. The van der Waals surface area contributed by atoms with E-state index in [-0.39, 0.29) is 17.4 Å². The quantitative estimate of drug-likeness (QED) is 0.551. The number of esters is 1. The van der Waals surface area contributed by atoms with Gasteiger partial charge < -0.3 is 10.1 Å². The molecule has 0 bridgehead atoms. The molecule has 2 aromatic heterocycles. The maximum Gasteiger partial charge on any atom is 0.348 e. The van der Waals surface area contributed by atoms with E-state index in [1.54, 1.807) is 13.8 Å². The van der Waals surface area contributed by atoms with Gasteiger partial charge >= 0.3 is 5.97 Å². The summed E-state index contributed by atoms with van der Waals surface area (Å²) < 4.78 is 6.60. The van der Waals surface area contributed by atoms with Gasteiger partial charge in [-0.05, 0) is 49.4 Å². The van der Waals surface area contributed by atoms with Gasteiger partial charge in [0.05, 0.1) is 18.3 Å². The number of fused-ring (bicyclic) bond motifs is 1. The Kier molecular flexibility index (Phi) is 6.90. The second kappa shape index (κ2) is 9.43. The van der Waals surface area contributed by atoms with Crippen LogP contribution in [-0.4, -0.2) is 28.0 Å². The van der Waals surface area contributed by atoms with Crippen LogP contribution >= 0.6 is 11.3 Å². The number of rotatable bonds is 7. The van der Waals surface area contributed by atoms with Crippen LogP contribution in [0.25, 0.3) is 10.2 Å². The highest BCUT2D eigenvalue weighted by Gasteiger charge is 2.23. The molecular formula is C23H27N3O4S. The van der Waals surface area contributed by atoms with Gasteiger partial charge in [0, 0.05) is 5.69 Å². The molecule has 1 atom stereocenters. The average Bonchev–Trinajstić information content (AvgIpc) is 3.09. The summed E-state index contributed by atoms with van der Waals surface area (Å²) >= 11 is 1.13. The van der Waals surface area contributed by atoms with E-state index in [1.807, 2.05) is 38.1 Å². The number of benzene rings is 1. The van der Waals surface area contributed by atoms with Crippen molar-refractivity contribution in [3.05, 3.63) is 57.0 Å². The Hall–Kier alpha value is -3.00. The van der Waals surface area contributed by atoms with Crippen molar-refractivity contribution in [3.8, 4) is 0 Å². The van der Waals surface area contributed by atoms with E-state index >= 15 is 0 Å². The predicted molar refractivity (Wildman–Crippen MR) is 123 cm³/mol. The molecule has 0 radical (unpaired) electrons. The summed E-state index contributed by atoms with van der Waals surface area (Å²) in [5, 5.41) is 3.18. The van der Waals surface area contributed by atoms with Crippen molar-refractivity contribution in [3.63, 3.8) is 0 Å². The molecule has 7 nitrogen and oxygen atoms in total. The van der Waals surface area contributed by atoms with Gasteiger partial charge in [-0.1, -0.05) is 32.9 Å². The number of anilines is 1. The summed E-state index contributed by atoms with van der Waals surface area (Å²) in [5.74, 6) is -0.565. The largest absolute Gasteiger partial charge is 0.461 e. The molecule has 1 aromatic carbocycles. The molecular weight excluding hydrogens is 414 g/mol. The van der Waals surface area contributed by atoms with Crippen LogP contribution in [0.2, 0.25) is 0 Å². The molecule has 1 amide bonds. The number of thiophene rings is 1. The lowest BCUT2D eigenvalue weighted by Gasteiger charge is -2.15. The number of hydrogen-bond acceptors (Lipinski definition) is 6. The number of amides is 1. The number of nitrogens with zero attached hydrogens (tertiary/aromatic N) is 2. The van der Waals surface area contributed by atoms with Crippen LogP contribution < -0.4 is 10.9 Å². The minimum absolute atomic E-state index is 0.214. The van der Waals surface area contributed by atoms with Gasteiger partial charge in [0.25, 0.3) is 5.56 Å². The summed E-state index contributed by atoms with van der Waals surface area (Å²) in [5.41, 5.74) is 2.01. The third kappa shape index (κ3) is 4.85. The first-order valence-electron chi connectivity index (χ1n) is 10.3. The van der Waals surface area contributed by atoms with E-state index in [4.69, 9.17) is 4.74 Å². The maximum absolute atomic E-state index is 13.1. The van der Waals surface area contributed by atoms with Gasteiger partial charge in [-0.25, -0.2) is 9.78 Å². The van der Waals surface area contributed by atoms with Gasteiger partial charge in [-0.3, -0.25) is 14.2 Å². The van der Waals surface area contributed by atoms with Crippen LogP contribution in [0.5, 0.6) is 0 Å². The van der Waals surface area contributed by atoms with Crippen molar-refractivity contribution in [2.24, 2.45) is 5.92 Å². The molecule has 0 spiro atoms. The number of carbonyl (C=O) groups is 2. The Labute approximate surface area is 185 Å². The Morgan fingerprint density at radius 1 is 1.19 bits per heavy atom. The molecule has 3 rings (SSSR count). The SMILES string of the molecule is CCc1ccc(NC(=O)C(C)n2cnc3sc(C(=O)OCC(C)C)c(C)c3c2=O)cc1. The molecule has 2 heterocycles. The lowest BCUT2D eigenvalue weighted by Crippen LogP contribution is -2.31. The van der Waals surface area contributed by atoms with Crippen LogP contribution in [0.1, 0.15) is 54.5 Å². The number of carbonyl (C=O) groups excluding carboxylic acids is 2. The van der Waals surface area contributed by atoms with Gasteiger partial charge in [0.1, 0.15) is 15.7 Å². The first-order valence-corrected chi connectivity index (χ1v) is 11.1. The number of ether oxygens (including phenoxy) is 1. The molecule has 0 aliphatic rings. The van der Waals surface area contributed by atoms with Gasteiger partial charge in [-0.15, -0.1) is 11.3 Å². The molecule has 1 unspecified atom stereocenters. The Balaban J connectivity index is 1.87. The van der Waals surface area contributed by atoms with Crippen LogP contribution in [0.3, 0.4) is 0 Å². The first-order chi connectivity index (χ1) is 14.7. The molecule has 3 aromatic rings. The summed E-state index contributed by atoms with van der Waals surface area (Å²) in [6.07, 6.45) is 2.27. The summed E-state index contributed by atoms with van der Waals surface area (Å²) in [7, 11) is 0. The molecule has 0 saturated carbocycles. The van der Waals surface area contributed by atoms with Crippen molar-refractivity contribution in [2.45, 2.75) is 47.1 Å². The number of aryl methyl sites for hydroxylation is 2. The van der Waals surface area contributed by atoms with Gasteiger partial charge in [0.15, 0.2) is 0 Å². The fourth-order valence-electron chi connectivity index (χ4n) is 3.11. The Morgan fingerprint density at radius 2 is 1.87 bits per heavy atom. The summed E-state index contributed by atoms with van der Waals surface area (Å²) in [4.78, 5) is 43.4. The first kappa shape index (κ1) is 22.7. The zero-order valence-corrected chi connectivity index (χ0v) is 19.2. The van der Waals surface area contributed by atoms with Crippen molar-refractivity contribution in [1.29, 1.82) is 0 Å². The van der Waals surface area contributed by atoms with Gasteiger partial charge in [-0.2, -0.15) is 0 Å². The van der Waals surface area contributed by atoms with Crippen molar-refractivity contribution >= 4 is 39.1 Å². The number of aromatic nitrogens is 2. The molecule has 0 aliphatic carbocycles. The fraction of sp³-hybridized carbons (Fsp3) is 0.391. The fourth-order valence-corrected chi connectivity index (χ4v) is 4.15. The summed E-state index contributed by atoms with van der Waals surface area (Å²) in [6.45, 7) is 9.63. The monoisotopic (exact) mass is 441 g/mol. The van der Waals surface area contributed by atoms with Crippen LogP contribution in [-0.2, 0) is 16.0 Å². The minimum Gasteiger partial charge on any atom is -0.461 e. The average molecular weight is 442 g/mol. The van der Waals surface area contributed by atoms with E-state index in [9.17, 15) is 14.4 Å². The third-order valence-corrected chi connectivity index (χ3v) is 6.22. The van der Waals surface area contributed by atoms with E-state index in [2.05, 4.69) is 17.2 Å². The maximum atomic E-state index is 13.1. The highest BCUT2D eigenvalue weighted by atomic mass is 32.1. The van der Waals surface area contributed by atoms with E-state index in [0.717, 1.165) is 17.8 Å². The van der Waals surface area contributed by atoms with Crippen LogP contribution in [0.15, 0.2) is 35.4 Å². The topological polar surface area (TPSA) is 90.3 Å². The number of hydrogen-bond donors (Lipinski definition) is 1. The van der Waals surface area contributed by atoms with E-state index in [0.29, 0.717) is 33.0 Å². The van der Waals surface area contributed by atoms with Crippen LogP contribution in [0.4, 0.5) is 5.69 Å². The van der Waals surface area contributed by atoms with Crippen LogP contribution in [0, 0.1) is 12.8 Å². The lowest BCUT2D eigenvalue weighted by molar-refractivity contribution is -0.118. The van der Waals surface area contributed by atoms with Crippen molar-refractivity contribution < 1.29 is 14.3 Å². The third-order valence-electron chi connectivity index (χ3n) is 5.04.